The number of hydrogen-bond donors (Lipinski definition) is 4. The van der Waals surface area contributed by atoms with E-state index in [4.69, 9.17) is 15.3 Å². The molecule has 0 bridgehead atoms. The Hall–Kier alpha value is -5.43. The summed E-state index contributed by atoms with van der Waals surface area (Å²) in [5.41, 5.74) is 4.68. The number of anilines is 1. The second-order valence-corrected chi connectivity index (χ2v) is 12.9. The number of rotatable bonds is 10. The third-order valence-electron chi connectivity index (χ3n) is 7.73. The Bertz CT molecular complexity index is 1890. The number of nitrogens with one attached hydrogen (secondary N) is 3. The van der Waals surface area contributed by atoms with Gasteiger partial charge in [-0.25, -0.2) is 19.5 Å². The molecule has 12 nitrogen and oxygen atoms in total. The Morgan fingerprint density at radius 2 is 1.72 bits per heavy atom. The average molecular weight is 779 g/mol. The number of hydrazone groups is 1. The maximum absolute atomic E-state index is 12.6. The molecule has 1 aromatic heterocycles. The van der Waals surface area contributed by atoms with Crippen molar-refractivity contribution in [2.75, 3.05) is 30.4 Å². The molecule has 1 atom stereocenters. The van der Waals surface area contributed by atoms with Gasteiger partial charge in [0, 0.05) is 12.1 Å². The van der Waals surface area contributed by atoms with Crippen molar-refractivity contribution >= 4 is 40.7 Å². The van der Waals surface area contributed by atoms with Crippen molar-refractivity contribution in [1.29, 1.82) is 5.41 Å². The van der Waals surface area contributed by atoms with E-state index in [1.807, 2.05) is 56.3 Å². The number of thioether (sulfide) groups is 1. The fourth-order valence-corrected chi connectivity index (χ4v) is 5.75. The quantitative estimate of drug-likeness (QED) is 0.0595. The zero-order valence-electron chi connectivity index (χ0n) is 28.9. The van der Waals surface area contributed by atoms with Crippen molar-refractivity contribution in [3.8, 4) is 22.8 Å². The topological polar surface area (TPSA) is 158 Å². The van der Waals surface area contributed by atoms with Crippen molar-refractivity contribution in [3.05, 3.63) is 89.7 Å². The van der Waals surface area contributed by atoms with Gasteiger partial charge in [0.25, 0.3) is 0 Å². The number of para-hydroxylation sites is 1. The van der Waals surface area contributed by atoms with Crippen LogP contribution in [0.1, 0.15) is 29.5 Å². The third kappa shape index (κ3) is 12.6. The highest BCUT2D eigenvalue weighted by molar-refractivity contribution is 8.14. The van der Waals surface area contributed by atoms with E-state index in [0.29, 0.717) is 24.0 Å². The van der Waals surface area contributed by atoms with E-state index >= 15 is 0 Å². The van der Waals surface area contributed by atoms with Gasteiger partial charge in [-0.1, -0.05) is 54.2 Å². The molecule has 1 saturated heterocycles. The predicted molar refractivity (Wildman–Crippen MR) is 192 cm³/mol. The Morgan fingerprint density at radius 3 is 2.30 bits per heavy atom. The molecule has 1 amide bonds. The van der Waals surface area contributed by atoms with Crippen LogP contribution >= 0.6 is 11.8 Å². The second kappa shape index (κ2) is 18.6. The van der Waals surface area contributed by atoms with Gasteiger partial charge in [0.1, 0.15) is 12.1 Å². The van der Waals surface area contributed by atoms with Crippen LogP contribution in [0.15, 0.2) is 78.2 Å². The minimum atomic E-state index is -5.08. The van der Waals surface area contributed by atoms with Crippen LogP contribution in [0.2, 0.25) is 0 Å². The lowest BCUT2D eigenvalue weighted by atomic mass is 10.00. The highest BCUT2D eigenvalue weighted by Crippen LogP contribution is 2.28. The van der Waals surface area contributed by atoms with Crippen molar-refractivity contribution < 1.29 is 45.8 Å². The summed E-state index contributed by atoms with van der Waals surface area (Å²) in [6.45, 7) is 6.46. The van der Waals surface area contributed by atoms with E-state index in [2.05, 4.69) is 30.6 Å². The summed E-state index contributed by atoms with van der Waals surface area (Å²) in [5.74, 6) is -2.24. The number of nitrogens with zero attached hydrogens (tertiary/aromatic N) is 5. The molecule has 0 unspecified atom stereocenters. The number of carbonyl (C=O) groups is 2. The van der Waals surface area contributed by atoms with Gasteiger partial charge in [-0.2, -0.15) is 18.3 Å². The number of benzene rings is 3. The van der Waals surface area contributed by atoms with Crippen LogP contribution in [0.25, 0.3) is 17.1 Å². The SMILES string of the molecule is Cc1cccc(C)c1N(/N=C\c1ccc(-c2ncn(-c3ccc(OC(F)(F)F)cc3)n2)cc1)C(=N)SCC(=O)NC[C@@H]1CCCNC1.O=C(O)C(F)(F)F. The average Bonchev–Trinajstić information content (AvgIpc) is 3.62. The zero-order chi connectivity index (χ0) is 39.5. The molecular weight excluding hydrogens is 742 g/mol. The summed E-state index contributed by atoms with van der Waals surface area (Å²) >= 11 is 1.12. The van der Waals surface area contributed by atoms with E-state index < -0.39 is 18.5 Å². The molecule has 0 aliphatic carbocycles. The fourth-order valence-electron chi connectivity index (χ4n) is 5.12. The van der Waals surface area contributed by atoms with Gasteiger partial charge in [-0.05, 0) is 86.7 Å². The number of alkyl halides is 6. The van der Waals surface area contributed by atoms with Crippen molar-refractivity contribution in [2.24, 2.45) is 11.0 Å². The van der Waals surface area contributed by atoms with Gasteiger partial charge < -0.3 is 20.5 Å². The third-order valence-corrected chi connectivity index (χ3v) is 8.58. The van der Waals surface area contributed by atoms with Gasteiger partial charge in [0.15, 0.2) is 11.0 Å². The summed E-state index contributed by atoms with van der Waals surface area (Å²) < 4.78 is 74.5. The first-order chi connectivity index (χ1) is 25.5. The van der Waals surface area contributed by atoms with E-state index in [9.17, 15) is 31.1 Å². The number of piperidine rings is 1. The molecule has 0 radical (unpaired) electrons. The lowest BCUT2D eigenvalue weighted by Gasteiger charge is -2.24. The Kier molecular flexibility index (Phi) is 14.2. The Balaban J connectivity index is 0.000000845. The number of ether oxygens (including phenoxy) is 1. The number of halogens is 6. The van der Waals surface area contributed by atoms with Crippen LogP contribution in [0, 0.1) is 25.2 Å². The van der Waals surface area contributed by atoms with E-state index in [-0.39, 0.29) is 22.6 Å². The van der Waals surface area contributed by atoms with Crippen LogP contribution in [0.5, 0.6) is 5.75 Å². The van der Waals surface area contributed by atoms with Crippen LogP contribution in [-0.2, 0) is 9.59 Å². The Morgan fingerprint density at radius 1 is 1.07 bits per heavy atom. The fraction of sp³-hybridized carbons (Fsp3) is 0.314. The van der Waals surface area contributed by atoms with Crippen molar-refractivity contribution in [3.63, 3.8) is 0 Å². The molecule has 2 heterocycles. The standard InChI is InChI=1S/C33H35F3N8O2S.C2HF3O2/c1-22-5-3-6-23(2)30(22)44(32(37)47-20-29(45)39-18-25-7-4-16-38-17-25)41-19-24-8-10-26(11-9-24)31-40-21-43(42-31)27-12-14-28(15-13-27)46-33(34,35)36;3-2(4,5)1(6)7/h3,5-6,8-15,19,21,25,37-38H,4,7,16-18,20H2,1-2H3,(H,39,45);(H,6,7)/b37-32?,41-19-;/t25-;/m1./s1. The van der Waals surface area contributed by atoms with Crippen LogP contribution in [-0.4, -0.2) is 81.1 Å². The van der Waals surface area contributed by atoms with Gasteiger partial charge in [-0.15, -0.1) is 18.3 Å². The number of aromatic nitrogens is 3. The molecule has 4 N–H and O–H groups in total. The monoisotopic (exact) mass is 778 g/mol. The number of aryl methyl sites for hydroxylation is 2. The number of carbonyl (C=O) groups excluding carboxylic acids is 1. The molecule has 288 valence electrons. The largest absolute Gasteiger partial charge is 0.573 e. The highest BCUT2D eigenvalue weighted by Gasteiger charge is 2.38. The van der Waals surface area contributed by atoms with Crippen LogP contribution < -0.4 is 20.4 Å². The molecule has 19 heteroatoms. The summed E-state index contributed by atoms with van der Waals surface area (Å²) in [4.78, 5) is 25.8. The summed E-state index contributed by atoms with van der Waals surface area (Å²) in [5, 5.41) is 33.1. The minimum Gasteiger partial charge on any atom is -0.475 e. The molecule has 1 fully saturated rings. The van der Waals surface area contributed by atoms with Gasteiger partial charge >= 0.3 is 18.5 Å². The summed E-state index contributed by atoms with van der Waals surface area (Å²) in [7, 11) is 0. The molecule has 0 spiro atoms. The minimum absolute atomic E-state index is 0.107. The molecule has 0 saturated carbocycles. The normalized spacial score (nSPS) is 14.6. The lowest BCUT2D eigenvalue weighted by molar-refractivity contribution is -0.274. The van der Waals surface area contributed by atoms with Crippen molar-refractivity contribution in [2.45, 2.75) is 39.2 Å². The smallest absolute Gasteiger partial charge is 0.475 e. The number of carboxylic acids is 1. The van der Waals surface area contributed by atoms with E-state index in [0.717, 1.165) is 65.6 Å². The van der Waals surface area contributed by atoms with E-state index in [1.54, 1.807) is 11.2 Å². The first-order valence-electron chi connectivity index (χ1n) is 16.3. The summed E-state index contributed by atoms with van der Waals surface area (Å²) in [6, 6.07) is 18.5. The number of amidine groups is 1. The molecule has 1 aliphatic rings. The number of aliphatic carboxylic acids is 1. The van der Waals surface area contributed by atoms with Gasteiger partial charge in [0.05, 0.1) is 23.3 Å². The maximum Gasteiger partial charge on any atom is 0.573 e. The van der Waals surface area contributed by atoms with Crippen molar-refractivity contribution in [1.82, 2.24) is 25.4 Å². The zero-order valence-corrected chi connectivity index (χ0v) is 29.7. The second-order valence-electron chi connectivity index (χ2n) is 11.9. The predicted octanol–water partition coefficient (Wildman–Crippen LogP) is 6.71. The number of amides is 1. The molecule has 4 aromatic rings. The van der Waals surface area contributed by atoms with Crippen LogP contribution in [0.3, 0.4) is 0 Å². The first kappa shape index (κ1) is 41.3. The molecular formula is C35H36F6N8O4S. The number of carboxylic acid groups (broad SMARTS) is 1. The molecule has 5 rings (SSSR count). The van der Waals surface area contributed by atoms with Gasteiger partial charge in [-0.3, -0.25) is 10.2 Å². The molecule has 54 heavy (non-hydrogen) atoms. The number of hydrogen-bond acceptors (Lipinski definition) is 9. The summed E-state index contributed by atoms with van der Waals surface area (Å²) in [6.07, 6.45) is -4.52. The Labute approximate surface area is 310 Å². The van der Waals surface area contributed by atoms with Gasteiger partial charge in [0.2, 0.25) is 5.91 Å². The van der Waals surface area contributed by atoms with E-state index in [1.165, 1.54) is 35.3 Å². The first-order valence-corrected chi connectivity index (χ1v) is 17.3. The molecule has 3 aromatic carbocycles. The highest BCUT2D eigenvalue weighted by atomic mass is 32.2. The molecule has 1 aliphatic heterocycles. The van der Waals surface area contributed by atoms with Crippen LogP contribution in [0.4, 0.5) is 32.0 Å². The lowest BCUT2D eigenvalue weighted by Crippen LogP contribution is -2.38. The maximum atomic E-state index is 12.6.